The van der Waals surface area contributed by atoms with E-state index in [4.69, 9.17) is 9.15 Å². The molecule has 0 saturated carbocycles. The molecule has 20 heavy (non-hydrogen) atoms. The van der Waals surface area contributed by atoms with Gasteiger partial charge in [0.25, 0.3) is 0 Å². The fraction of sp³-hybridized carbons (Fsp3) is 0.625. The van der Waals surface area contributed by atoms with Gasteiger partial charge in [0.1, 0.15) is 17.1 Å². The third kappa shape index (κ3) is 5.19. The van der Waals surface area contributed by atoms with Crippen LogP contribution in [0, 0.1) is 6.92 Å². The third-order valence-electron chi connectivity index (χ3n) is 3.03. The van der Waals surface area contributed by atoms with Crippen LogP contribution in [0.5, 0.6) is 0 Å². The Morgan fingerprint density at radius 2 is 2.00 bits per heavy atom. The lowest BCUT2D eigenvalue weighted by Crippen LogP contribution is -2.30. The second-order valence-electron chi connectivity index (χ2n) is 6.37. The highest BCUT2D eigenvalue weighted by Crippen LogP contribution is 2.27. The maximum Gasteiger partial charge on any atom is 0.303 e. The number of ether oxygens (including phenoxy) is 1. The molecular weight excluding hydrogens is 254 g/mol. The van der Waals surface area contributed by atoms with Gasteiger partial charge in [0.15, 0.2) is 0 Å². The van der Waals surface area contributed by atoms with E-state index in [1.54, 1.807) is 0 Å². The van der Waals surface area contributed by atoms with Crippen LogP contribution in [0.3, 0.4) is 0 Å². The molecular formula is C16H25NO3. The molecule has 1 aromatic rings. The molecule has 4 nitrogen and oxygen atoms in total. The van der Waals surface area contributed by atoms with Crippen LogP contribution in [0.1, 0.15) is 52.6 Å². The van der Waals surface area contributed by atoms with Gasteiger partial charge in [-0.15, -0.1) is 0 Å². The van der Waals surface area contributed by atoms with E-state index >= 15 is 0 Å². The number of carbonyl (C=O) groups is 1. The maximum atomic E-state index is 11.0. The summed E-state index contributed by atoms with van der Waals surface area (Å²) in [5.74, 6) is 1.60. The van der Waals surface area contributed by atoms with Crippen molar-refractivity contribution < 1.29 is 13.9 Å². The monoisotopic (exact) mass is 279 g/mol. The highest BCUT2D eigenvalue weighted by atomic mass is 16.6. The molecule has 0 aromatic carbocycles. The largest absolute Gasteiger partial charge is 0.466 e. The van der Waals surface area contributed by atoms with Crippen LogP contribution in [0.4, 0.5) is 0 Å². The number of furan rings is 1. The van der Waals surface area contributed by atoms with Crippen LogP contribution in [-0.2, 0) is 14.9 Å². The summed E-state index contributed by atoms with van der Waals surface area (Å²) in [6.07, 6.45) is 2.65. The number of esters is 1. The fourth-order valence-corrected chi connectivity index (χ4v) is 1.90. The molecule has 1 heterocycles. The van der Waals surface area contributed by atoms with Crippen molar-refractivity contribution in [1.82, 2.24) is 0 Å². The number of carbonyl (C=O) groups excluding carboxylic acids is 1. The SMILES string of the molecule is CC(=O)OC(C)(C)CN=CCC(C)(C)c1ccc(C)o1. The molecule has 0 spiro atoms. The molecule has 0 radical (unpaired) electrons. The van der Waals surface area contributed by atoms with E-state index in [2.05, 4.69) is 18.8 Å². The van der Waals surface area contributed by atoms with Crippen LogP contribution in [0.25, 0.3) is 0 Å². The van der Waals surface area contributed by atoms with E-state index in [0.717, 1.165) is 17.9 Å². The minimum absolute atomic E-state index is 0.0939. The van der Waals surface area contributed by atoms with Gasteiger partial charge in [0.05, 0.1) is 6.54 Å². The summed E-state index contributed by atoms with van der Waals surface area (Å²) in [5.41, 5.74) is -0.656. The van der Waals surface area contributed by atoms with E-state index in [1.165, 1.54) is 6.92 Å². The Kier molecular flexibility index (Phi) is 5.15. The summed E-state index contributed by atoms with van der Waals surface area (Å²) in [6, 6.07) is 3.98. The van der Waals surface area contributed by atoms with Gasteiger partial charge >= 0.3 is 5.97 Å². The summed E-state index contributed by atoms with van der Waals surface area (Å²) in [6.45, 7) is 11.8. The normalized spacial score (nSPS) is 12.9. The van der Waals surface area contributed by atoms with Gasteiger partial charge in [-0.1, -0.05) is 13.8 Å². The minimum atomic E-state index is -0.562. The second kappa shape index (κ2) is 6.25. The highest BCUT2D eigenvalue weighted by molar-refractivity contribution is 5.66. The zero-order valence-electron chi connectivity index (χ0n) is 13.3. The molecule has 1 rings (SSSR count). The van der Waals surface area contributed by atoms with E-state index in [9.17, 15) is 4.79 Å². The highest BCUT2D eigenvalue weighted by Gasteiger charge is 2.24. The Hall–Kier alpha value is -1.58. The average molecular weight is 279 g/mol. The summed E-state index contributed by atoms with van der Waals surface area (Å²) in [7, 11) is 0. The van der Waals surface area contributed by atoms with Gasteiger partial charge < -0.3 is 9.15 Å². The van der Waals surface area contributed by atoms with Gasteiger partial charge in [-0.2, -0.15) is 0 Å². The summed E-state index contributed by atoms with van der Waals surface area (Å²) in [4.78, 5) is 15.3. The van der Waals surface area contributed by atoms with Crippen LogP contribution in [0.2, 0.25) is 0 Å². The van der Waals surface area contributed by atoms with Crippen LogP contribution < -0.4 is 0 Å². The zero-order chi connectivity index (χ0) is 15.4. The molecule has 0 unspecified atom stereocenters. The Bertz CT molecular complexity index is 484. The lowest BCUT2D eigenvalue weighted by Gasteiger charge is -2.23. The molecule has 0 bridgehead atoms. The van der Waals surface area contributed by atoms with Gasteiger partial charge in [-0.3, -0.25) is 9.79 Å². The molecule has 0 fully saturated rings. The molecule has 112 valence electrons. The molecule has 0 atom stereocenters. The quantitative estimate of drug-likeness (QED) is 0.589. The fourth-order valence-electron chi connectivity index (χ4n) is 1.90. The number of hydrogen-bond donors (Lipinski definition) is 0. The van der Waals surface area contributed by atoms with Crippen molar-refractivity contribution in [2.24, 2.45) is 4.99 Å². The van der Waals surface area contributed by atoms with Gasteiger partial charge in [-0.25, -0.2) is 0 Å². The Balaban J connectivity index is 2.54. The molecule has 0 amide bonds. The van der Waals surface area contributed by atoms with Gasteiger partial charge in [-0.05, 0) is 45.5 Å². The maximum absolute atomic E-state index is 11.0. The predicted molar refractivity (Wildman–Crippen MR) is 80.3 cm³/mol. The smallest absolute Gasteiger partial charge is 0.303 e. The van der Waals surface area contributed by atoms with Gasteiger partial charge in [0, 0.05) is 12.3 Å². The number of aliphatic imine (C=N–C) groups is 1. The number of aryl methyl sites for hydroxylation is 1. The molecule has 0 saturated heterocycles. The minimum Gasteiger partial charge on any atom is -0.466 e. The molecule has 0 aliphatic rings. The van der Waals surface area contributed by atoms with Crippen molar-refractivity contribution in [3.63, 3.8) is 0 Å². The molecule has 0 aliphatic carbocycles. The Labute approximate surface area is 121 Å². The molecule has 1 aromatic heterocycles. The van der Waals surface area contributed by atoms with Crippen LogP contribution in [-0.4, -0.2) is 24.3 Å². The van der Waals surface area contributed by atoms with E-state index in [0.29, 0.717) is 6.54 Å². The second-order valence-corrected chi connectivity index (χ2v) is 6.37. The van der Waals surface area contributed by atoms with E-state index < -0.39 is 5.60 Å². The average Bonchev–Trinajstić information content (AvgIpc) is 2.70. The third-order valence-corrected chi connectivity index (χ3v) is 3.03. The van der Waals surface area contributed by atoms with Crippen molar-refractivity contribution in [3.8, 4) is 0 Å². The first-order valence-electron chi connectivity index (χ1n) is 6.87. The summed E-state index contributed by atoms with van der Waals surface area (Å²) >= 11 is 0. The molecule has 0 aliphatic heterocycles. The molecule has 4 heteroatoms. The molecule has 0 N–H and O–H groups in total. The lowest BCUT2D eigenvalue weighted by atomic mass is 9.87. The first kappa shape index (κ1) is 16.5. The predicted octanol–water partition coefficient (Wildman–Crippen LogP) is 3.67. The number of hydrogen-bond acceptors (Lipinski definition) is 4. The zero-order valence-corrected chi connectivity index (χ0v) is 13.3. The van der Waals surface area contributed by atoms with E-state index in [1.807, 2.05) is 39.1 Å². The van der Waals surface area contributed by atoms with Crippen molar-refractivity contribution >= 4 is 12.2 Å². The van der Waals surface area contributed by atoms with Crippen molar-refractivity contribution in [2.45, 2.75) is 59.0 Å². The summed E-state index contributed by atoms with van der Waals surface area (Å²) in [5, 5.41) is 0. The lowest BCUT2D eigenvalue weighted by molar-refractivity contribution is -0.152. The number of nitrogens with zero attached hydrogens (tertiary/aromatic N) is 1. The standard InChI is InChI=1S/C16H25NO3/c1-12-7-8-14(19-12)15(3,4)9-10-17-11-16(5,6)20-13(2)18/h7-8,10H,9,11H2,1-6H3. The topological polar surface area (TPSA) is 51.8 Å². The van der Waals surface area contributed by atoms with Crippen molar-refractivity contribution in [1.29, 1.82) is 0 Å². The van der Waals surface area contributed by atoms with Crippen LogP contribution >= 0.6 is 0 Å². The van der Waals surface area contributed by atoms with Crippen LogP contribution in [0.15, 0.2) is 21.5 Å². The van der Waals surface area contributed by atoms with Crippen molar-refractivity contribution in [2.75, 3.05) is 6.54 Å². The Morgan fingerprint density at radius 1 is 1.35 bits per heavy atom. The first-order valence-corrected chi connectivity index (χ1v) is 6.87. The van der Waals surface area contributed by atoms with E-state index in [-0.39, 0.29) is 11.4 Å². The first-order chi connectivity index (χ1) is 9.12. The Morgan fingerprint density at radius 3 is 2.50 bits per heavy atom. The van der Waals surface area contributed by atoms with Crippen molar-refractivity contribution in [3.05, 3.63) is 23.7 Å². The number of rotatable bonds is 6. The van der Waals surface area contributed by atoms with Gasteiger partial charge in [0.2, 0.25) is 0 Å². The summed E-state index contributed by atoms with van der Waals surface area (Å²) < 4.78 is 10.9.